The number of nitrogens with one attached hydrogen (secondary N) is 1. The number of hydrogen-bond donors (Lipinski definition) is 1. The lowest BCUT2D eigenvalue weighted by molar-refractivity contribution is -0.0292. The second kappa shape index (κ2) is 6.17. The Morgan fingerprint density at radius 2 is 1.94 bits per heavy atom. The van der Waals surface area contributed by atoms with Gasteiger partial charge >= 0.3 is 0 Å². The molecule has 0 amide bonds. The molecule has 3 heteroatoms. The molecule has 1 aliphatic carbocycles. The van der Waals surface area contributed by atoms with E-state index in [2.05, 4.69) is 24.2 Å². The van der Waals surface area contributed by atoms with Crippen LogP contribution in [-0.2, 0) is 4.74 Å². The summed E-state index contributed by atoms with van der Waals surface area (Å²) in [6.45, 7) is 4.70. The summed E-state index contributed by atoms with van der Waals surface area (Å²) in [5.74, 6) is 0.716. The molecule has 2 rings (SSSR count). The molecule has 0 aromatic heterocycles. The van der Waals surface area contributed by atoms with Gasteiger partial charge in [-0.3, -0.25) is 4.90 Å². The van der Waals surface area contributed by atoms with Crippen LogP contribution in [0.3, 0.4) is 0 Å². The molecular formula is C14H28N2O. The van der Waals surface area contributed by atoms with Crippen molar-refractivity contribution in [2.75, 3.05) is 27.2 Å². The fraction of sp³-hybridized carbons (Fsp3) is 1.00. The Kier molecular flexibility index (Phi) is 4.83. The van der Waals surface area contributed by atoms with E-state index >= 15 is 0 Å². The molecule has 0 bridgehead atoms. The summed E-state index contributed by atoms with van der Waals surface area (Å²) in [4.78, 5) is 2.68. The van der Waals surface area contributed by atoms with Crippen LogP contribution >= 0.6 is 0 Å². The highest BCUT2D eigenvalue weighted by Crippen LogP contribution is 2.28. The number of methoxy groups -OCH3 is 1. The SMILES string of the molecule is CNC1CCCCC1N1CCC(C)C(OC)C1. The van der Waals surface area contributed by atoms with Crippen molar-refractivity contribution in [3.05, 3.63) is 0 Å². The van der Waals surface area contributed by atoms with Crippen molar-refractivity contribution in [2.45, 2.75) is 57.2 Å². The molecule has 2 fully saturated rings. The fourth-order valence-electron chi connectivity index (χ4n) is 3.55. The molecule has 1 heterocycles. The van der Waals surface area contributed by atoms with Crippen LogP contribution in [0.5, 0.6) is 0 Å². The fourth-order valence-corrected chi connectivity index (χ4v) is 3.55. The van der Waals surface area contributed by atoms with E-state index < -0.39 is 0 Å². The van der Waals surface area contributed by atoms with E-state index in [-0.39, 0.29) is 0 Å². The van der Waals surface area contributed by atoms with Crippen molar-refractivity contribution in [3.63, 3.8) is 0 Å². The summed E-state index contributed by atoms with van der Waals surface area (Å²) in [5.41, 5.74) is 0. The molecule has 17 heavy (non-hydrogen) atoms. The molecule has 1 N–H and O–H groups in total. The van der Waals surface area contributed by atoms with Gasteiger partial charge in [-0.25, -0.2) is 0 Å². The maximum Gasteiger partial charge on any atom is 0.0724 e. The average molecular weight is 240 g/mol. The summed E-state index contributed by atoms with van der Waals surface area (Å²) in [6, 6.07) is 1.42. The van der Waals surface area contributed by atoms with Gasteiger partial charge in [-0.2, -0.15) is 0 Å². The van der Waals surface area contributed by atoms with E-state index in [1.165, 1.54) is 38.6 Å². The van der Waals surface area contributed by atoms with Crippen LogP contribution < -0.4 is 5.32 Å². The number of rotatable bonds is 3. The lowest BCUT2D eigenvalue weighted by Crippen LogP contribution is -2.56. The first-order chi connectivity index (χ1) is 8.26. The molecule has 100 valence electrons. The summed E-state index contributed by atoms with van der Waals surface area (Å²) < 4.78 is 5.63. The van der Waals surface area contributed by atoms with Gasteiger partial charge in [0.25, 0.3) is 0 Å². The third-order valence-corrected chi connectivity index (χ3v) is 4.79. The highest BCUT2D eigenvalue weighted by atomic mass is 16.5. The van der Waals surface area contributed by atoms with E-state index in [9.17, 15) is 0 Å². The normalized spacial score (nSPS) is 40.4. The summed E-state index contributed by atoms with van der Waals surface area (Å²) in [6.07, 6.45) is 7.20. The zero-order valence-corrected chi connectivity index (χ0v) is 11.6. The average Bonchev–Trinajstić information content (AvgIpc) is 2.39. The van der Waals surface area contributed by atoms with Gasteiger partial charge < -0.3 is 10.1 Å². The lowest BCUT2D eigenvalue weighted by Gasteiger charge is -2.45. The zero-order valence-electron chi connectivity index (χ0n) is 11.6. The van der Waals surface area contributed by atoms with Gasteiger partial charge in [0.05, 0.1) is 6.10 Å². The standard InChI is InChI=1S/C14H28N2O/c1-11-8-9-16(10-14(11)17-3)13-7-5-4-6-12(13)15-2/h11-15H,4-10H2,1-3H3. The van der Waals surface area contributed by atoms with Gasteiger partial charge in [0, 0.05) is 25.7 Å². The lowest BCUT2D eigenvalue weighted by atomic mass is 9.86. The van der Waals surface area contributed by atoms with Crippen molar-refractivity contribution in [1.82, 2.24) is 10.2 Å². The Morgan fingerprint density at radius 3 is 2.65 bits per heavy atom. The molecule has 0 aromatic rings. The van der Waals surface area contributed by atoms with Crippen molar-refractivity contribution in [3.8, 4) is 0 Å². The van der Waals surface area contributed by atoms with Crippen LogP contribution in [0.2, 0.25) is 0 Å². The second-order valence-electron chi connectivity index (χ2n) is 5.78. The molecular weight excluding hydrogens is 212 g/mol. The number of piperidine rings is 1. The number of likely N-dealkylation sites (tertiary alicyclic amines) is 1. The van der Waals surface area contributed by atoms with Crippen molar-refractivity contribution in [2.24, 2.45) is 5.92 Å². The third-order valence-electron chi connectivity index (χ3n) is 4.79. The summed E-state index contributed by atoms with van der Waals surface area (Å²) >= 11 is 0. The second-order valence-corrected chi connectivity index (χ2v) is 5.78. The number of nitrogens with zero attached hydrogens (tertiary/aromatic N) is 1. The quantitative estimate of drug-likeness (QED) is 0.815. The van der Waals surface area contributed by atoms with Crippen LogP contribution in [0.15, 0.2) is 0 Å². The monoisotopic (exact) mass is 240 g/mol. The molecule has 4 atom stereocenters. The predicted octanol–water partition coefficient (Wildman–Crippen LogP) is 1.87. The van der Waals surface area contributed by atoms with Crippen LogP contribution in [0.1, 0.15) is 39.0 Å². The van der Waals surface area contributed by atoms with E-state index in [4.69, 9.17) is 4.74 Å². The molecule has 4 unspecified atom stereocenters. The van der Waals surface area contributed by atoms with Crippen molar-refractivity contribution in [1.29, 1.82) is 0 Å². The molecule has 3 nitrogen and oxygen atoms in total. The highest BCUT2D eigenvalue weighted by Gasteiger charge is 2.34. The van der Waals surface area contributed by atoms with Crippen LogP contribution in [0, 0.1) is 5.92 Å². The smallest absolute Gasteiger partial charge is 0.0724 e. The molecule has 2 aliphatic rings. The Bertz CT molecular complexity index is 234. The molecule has 1 aliphatic heterocycles. The van der Waals surface area contributed by atoms with E-state index in [0.717, 1.165) is 12.6 Å². The van der Waals surface area contributed by atoms with Crippen LogP contribution in [0.4, 0.5) is 0 Å². The first kappa shape index (κ1) is 13.3. The number of ether oxygens (including phenoxy) is 1. The van der Waals surface area contributed by atoms with Gasteiger partial charge in [0.15, 0.2) is 0 Å². The molecule has 0 spiro atoms. The first-order valence-electron chi connectivity index (χ1n) is 7.20. The van der Waals surface area contributed by atoms with Gasteiger partial charge in [-0.1, -0.05) is 19.8 Å². The first-order valence-corrected chi connectivity index (χ1v) is 7.20. The third kappa shape index (κ3) is 3.01. The zero-order chi connectivity index (χ0) is 12.3. The minimum Gasteiger partial charge on any atom is -0.380 e. The van der Waals surface area contributed by atoms with E-state index in [1.807, 2.05) is 7.11 Å². The van der Waals surface area contributed by atoms with Gasteiger partial charge in [0.2, 0.25) is 0 Å². The number of likely N-dealkylation sites (N-methyl/N-ethyl adjacent to an activating group) is 1. The molecule has 0 radical (unpaired) electrons. The Balaban J connectivity index is 1.96. The largest absolute Gasteiger partial charge is 0.380 e. The van der Waals surface area contributed by atoms with Crippen LogP contribution in [-0.4, -0.2) is 50.3 Å². The van der Waals surface area contributed by atoms with E-state index in [1.54, 1.807) is 0 Å². The summed E-state index contributed by atoms with van der Waals surface area (Å²) in [5, 5.41) is 3.51. The van der Waals surface area contributed by atoms with Crippen molar-refractivity contribution < 1.29 is 4.74 Å². The highest BCUT2D eigenvalue weighted by molar-refractivity contribution is 4.91. The molecule has 1 saturated carbocycles. The van der Waals surface area contributed by atoms with E-state index in [0.29, 0.717) is 18.1 Å². The van der Waals surface area contributed by atoms with Gasteiger partial charge in [0.1, 0.15) is 0 Å². The maximum absolute atomic E-state index is 5.63. The topological polar surface area (TPSA) is 24.5 Å². The number of hydrogen-bond acceptors (Lipinski definition) is 3. The van der Waals surface area contributed by atoms with Gasteiger partial charge in [-0.15, -0.1) is 0 Å². The van der Waals surface area contributed by atoms with Crippen LogP contribution in [0.25, 0.3) is 0 Å². The Labute approximate surface area is 106 Å². The molecule has 1 saturated heterocycles. The summed E-state index contributed by atoms with van der Waals surface area (Å²) in [7, 11) is 3.98. The predicted molar refractivity (Wildman–Crippen MR) is 71.3 cm³/mol. The maximum atomic E-state index is 5.63. The molecule has 0 aromatic carbocycles. The van der Waals surface area contributed by atoms with Crippen molar-refractivity contribution >= 4 is 0 Å². The minimum absolute atomic E-state index is 0.434. The Morgan fingerprint density at radius 1 is 1.18 bits per heavy atom. The Hall–Kier alpha value is -0.120. The minimum atomic E-state index is 0.434. The van der Waals surface area contributed by atoms with Gasteiger partial charge in [-0.05, 0) is 38.8 Å².